The third-order valence-electron chi connectivity index (χ3n) is 4.14. The van der Waals surface area contributed by atoms with Crippen molar-refractivity contribution in [3.05, 3.63) is 53.1 Å². The number of aromatic nitrogens is 4. The van der Waals surface area contributed by atoms with Gasteiger partial charge in [-0.1, -0.05) is 0 Å². The zero-order valence-electron chi connectivity index (χ0n) is 14.5. The zero-order valence-corrected chi connectivity index (χ0v) is 14.5. The maximum atomic E-state index is 12.4. The van der Waals surface area contributed by atoms with Gasteiger partial charge in [0.2, 0.25) is 5.82 Å². The minimum atomic E-state index is -0.428. The highest BCUT2D eigenvalue weighted by Crippen LogP contribution is 2.19. The molecule has 2 heterocycles. The molecule has 1 fully saturated rings. The van der Waals surface area contributed by atoms with E-state index in [0.29, 0.717) is 23.1 Å². The second-order valence-corrected chi connectivity index (χ2v) is 6.47. The van der Waals surface area contributed by atoms with Gasteiger partial charge in [-0.3, -0.25) is 9.59 Å². The summed E-state index contributed by atoms with van der Waals surface area (Å²) in [6, 6.07) is 8.91. The summed E-state index contributed by atoms with van der Waals surface area (Å²) in [6.45, 7) is 3.74. The van der Waals surface area contributed by atoms with Crippen LogP contribution < -0.4 is 10.6 Å². The van der Waals surface area contributed by atoms with E-state index in [-0.39, 0.29) is 11.7 Å². The summed E-state index contributed by atoms with van der Waals surface area (Å²) in [6.07, 6.45) is 2.08. The van der Waals surface area contributed by atoms with Crippen molar-refractivity contribution in [2.24, 2.45) is 0 Å². The van der Waals surface area contributed by atoms with Crippen molar-refractivity contribution in [3.8, 4) is 0 Å². The number of nitrogens with one attached hydrogen (secondary N) is 2. The van der Waals surface area contributed by atoms with Crippen LogP contribution in [-0.4, -0.2) is 37.4 Å². The SMILES string of the molecule is Cc1cc(C)n2nc(C(=O)Nc3ccc(C(=O)NC4CC4)cc3)nc2n1. The third kappa shape index (κ3) is 3.26. The van der Waals surface area contributed by atoms with Gasteiger partial charge >= 0.3 is 0 Å². The smallest absolute Gasteiger partial charge is 0.295 e. The minimum absolute atomic E-state index is 0.0433. The van der Waals surface area contributed by atoms with Crippen molar-refractivity contribution in [2.45, 2.75) is 32.7 Å². The Kier molecular flexibility index (Phi) is 3.87. The van der Waals surface area contributed by atoms with Gasteiger partial charge in [-0.2, -0.15) is 4.98 Å². The Balaban J connectivity index is 1.49. The number of amides is 2. The van der Waals surface area contributed by atoms with Crippen LogP contribution in [0.4, 0.5) is 5.69 Å². The van der Waals surface area contributed by atoms with Gasteiger partial charge < -0.3 is 10.6 Å². The van der Waals surface area contributed by atoms with Gasteiger partial charge in [-0.25, -0.2) is 9.50 Å². The van der Waals surface area contributed by atoms with E-state index in [1.54, 1.807) is 24.3 Å². The number of carbonyl (C=O) groups excluding carboxylic acids is 2. The van der Waals surface area contributed by atoms with Crippen LogP contribution in [0.1, 0.15) is 45.2 Å². The van der Waals surface area contributed by atoms with Crippen LogP contribution in [0, 0.1) is 13.8 Å². The molecule has 1 aliphatic rings. The monoisotopic (exact) mass is 350 g/mol. The molecule has 2 aromatic heterocycles. The summed E-state index contributed by atoms with van der Waals surface area (Å²) in [4.78, 5) is 32.8. The predicted octanol–water partition coefficient (Wildman–Crippen LogP) is 1.89. The summed E-state index contributed by atoms with van der Waals surface area (Å²) in [7, 11) is 0. The number of rotatable bonds is 4. The van der Waals surface area contributed by atoms with Crippen molar-refractivity contribution < 1.29 is 9.59 Å². The molecule has 0 bridgehead atoms. The highest BCUT2D eigenvalue weighted by atomic mass is 16.2. The lowest BCUT2D eigenvalue weighted by Crippen LogP contribution is -2.25. The fourth-order valence-electron chi connectivity index (χ4n) is 2.65. The molecule has 26 heavy (non-hydrogen) atoms. The average molecular weight is 350 g/mol. The topological polar surface area (TPSA) is 101 Å². The number of carbonyl (C=O) groups is 2. The fourth-order valence-corrected chi connectivity index (χ4v) is 2.65. The Morgan fingerprint density at radius 1 is 1.08 bits per heavy atom. The summed E-state index contributed by atoms with van der Waals surface area (Å²) >= 11 is 0. The maximum Gasteiger partial charge on any atom is 0.295 e. The Morgan fingerprint density at radius 2 is 1.81 bits per heavy atom. The van der Waals surface area contributed by atoms with Crippen molar-refractivity contribution in [1.29, 1.82) is 0 Å². The second-order valence-electron chi connectivity index (χ2n) is 6.47. The first-order valence-electron chi connectivity index (χ1n) is 8.43. The molecular formula is C18H18N6O2. The molecule has 1 aromatic carbocycles. The molecule has 0 aliphatic heterocycles. The van der Waals surface area contributed by atoms with Gasteiger partial charge in [0.1, 0.15) is 0 Å². The van der Waals surface area contributed by atoms with E-state index in [1.165, 1.54) is 4.52 Å². The molecule has 2 amide bonds. The summed E-state index contributed by atoms with van der Waals surface area (Å²) in [5.41, 5.74) is 2.80. The van der Waals surface area contributed by atoms with Crippen molar-refractivity contribution in [2.75, 3.05) is 5.32 Å². The molecule has 8 heteroatoms. The van der Waals surface area contributed by atoms with Crippen LogP contribution in [0.3, 0.4) is 0 Å². The van der Waals surface area contributed by atoms with E-state index in [2.05, 4.69) is 25.7 Å². The first-order chi connectivity index (χ1) is 12.5. The molecule has 0 saturated heterocycles. The number of aryl methyl sites for hydroxylation is 2. The van der Waals surface area contributed by atoms with Crippen LogP contribution in [0.15, 0.2) is 30.3 Å². The van der Waals surface area contributed by atoms with E-state index in [0.717, 1.165) is 24.2 Å². The molecule has 0 atom stereocenters. The molecule has 132 valence electrons. The van der Waals surface area contributed by atoms with E-state index in [4.69, 9.17) is 0 Å². The van der Waals surface area contributed by atoms with Crippen LogP contribution >= 0.6 is 0 Å². The van der Waals surface area contributed by atoms with E-state index in [1.807, 2.05) is 19.9 Å². The number of hydrogen-bond acceptors (Lipinski definition) is 5. The third-order valence-corrected chi connectivity index (χ3v) is 4.14. The summed E-state index contributed by atoms with van der Waals surface area (Å²) in [5.74, 6) is -0.0893. The molecule has 0 spiro atoms. The lowest BCUT2D eigenvalue weighted by molar-refractivity contribution is 0.0950. The first-order valence-corrected chi connectivity index (χ1v) is 8.43. The molecular weight excluding hydrogens is 332 g/mol. The molecule has 4 rings (SSSR count). The standard InChI is InChI=1S/C18H18N6O2/c1-10-9-11(2)24-18(19-10)22-15(23-24)17(26)21-13-5-3-12(4-6-13)16(25)20-14-7-8-14/h3-6,9,14H,7-8H2,1-2H3,(H,20,25)(H,21,26). The maximum absolute atomic E-state index is 12.4. The molecule has 0 unspecified atom stereocenters. The average Bonchev–Trinajstić information content (AvgIpc) is 3.30. The fraction of sp³-hybridized carbons (Fsp3) is 0.278. The zero-order chi connectivity index (χ0) is 18.3. The van der Waals surface area contributed by atoms with Gasteiger partial charge in [-0.05, 0) is 57.0 Å². The molecule has 1 aliphatic carbocycles. The number of benzene rings is 1. The van der Waals surface area contributed by atoms with Crippen molar-refractivity contribution >= 4 is 23.3 Å². The summed E-state index contributed by atoms with van der Waals surface area (Å²) in [5, 5.41) is 9.86. The lowest BCUT2D eigenvalue weighted by atomic mass is 10.2. The number of hydrogen-bond donors (Lipinski definition) is 2. The Morgan fingerprint density at radius 3 is 2.50 bits per heavy atom. The number of anilines is 1. The van der Waals surface area contributed by atoms with Gasteiger partial charge in [0.25, 0.3) is 17.6 Å². The molecule has 3 aromatic rings. The van der Waals surface area contributed by atoms with Gasteiger partial charge in [0.15, 0.2) is 0 Å². The first kappa shape index (κ1) is 16.2. The quantitative estimate of drug-likeness (QED) is 0.748. The Labute approximate surface area is 149 Å². The van der Waals surface area contributed by atoms with Crippen molar-refractivity contribution in [1.82, 2.24) is 24.9 Å². The Bertz CT molecular complexity index is 1000. The molecule has 1 saturated carbocycles. The van der Waals surface area contributed by atoms with Crippen LogP contribution in [0.5, 0.6) is 0 Å². The lowest BCUT2D eigenvalue weighted by Gasteiger charge is -2.05. The largest absolute Gasteiger partial charge is 0.349 e. The van der Waals surface area contributed by atoms with Crippen molar-refractivity contribution in [3.63, 3.8) is 0 Å². The molecule has 0 radical (unpaired) electrons. The predicted molar refractivity (Wildman–Crippen MR) is 95.1 cm³/mol. The minimum Gasteiger partial charge on any atom is -0.349 e. The van der Waals surface area contributed by atoms with Gasteiger partial charge in [0, 0.05) is 28.7 Å². The highest BCUT2D eigenvalue weighted by molar-refractivity contribution is 6.02. The van der Waals surface area contributed by atoms with Crippen LogP contribution in [0.25, 0.3) is 5.78 Å². The van der Waals surface area contributed by atoms with Crippen LogP contribution in [-0.2, 0) is 0 Å². The second kappa shape index (κ2) is 6.21. The summed E-state index contributed by atoms with van der Waals surface area (Å²) < 4.78 is 1.53. The Hall–Kier alpha value is -3.29. The number of nitrogens with zero attached hydrogens (tertiary/aromatic N) is 4. The van der Waals surface area contributed by atoms with Gasteiger partial charge in [-0.15, -0.1) is 5.10 Å². The highest BCUT2D eigenvalue weighted by Gasteiger charge is 2.23. The van der Waals surface area contributed by atoms with Gasteiger partial charge in [0.05, 0.1) is 0 Å². The molecule has 8 nitrogen and oxygen atoms in total. The van der Waals surface area contributed by atoms with E-state index in [9.17, 15) is 9.59 Å². The van der Waals surface area contributed by atoms with E-state index >= 15 is 0 Å². The normalized spacial score (nSPS) is 13.6. The van der Waals surface area contributed by atoms with E-state index < -0.39 is 5.91 Å². The number of fused-ring (bicyclic) bond motifs is 1. The van der Waals surface area contributed by atoms with Crippen LogP contribution in [0.2, 0.25) is 0 Å². The molecule has 2 N–H and O–H groups in total.